The Morgan fingerprint density at radius 3 is 2.88 bits per heavy atom. The molecule has 4 rings (SSSR count). The molecule has 0 radical (unpaired) electrons. The van der Waals surface area contributed by atoms with Crippen molar-refractivity contribution in [3.05, 3.63) is 72.4 Å². The molecule has 3 aromatic heterocycles. The number of aryl methyl sites for hydroxylation is 1. The van der Waals surface area contributed by atoms with Crippen molar-refractivity contribution in [1.29, 1.82) is 0 Å². The summed E-state index contributed by atoms with van der Waals surface area (Å²) in [5.74, 6) is 0.324. The Morgan fingerprint density at radius 1 is 1.20 bits per heavy atom. The first-order valence-corrected chi connectivity index (χ1v) is 7.72. The number of carbonyl (C=O) groups excluding carboxylic acids is 1. The molecule has 0 saturated carbocycles. The second-order valence-corrected chi connectivity index (χ2v) is 5.55. The predicted molar refractivity (Wildman–Crippen MR) is 92.5 cm³/mol. The lowest BCUT2D eigenvalue weighted by Gasteiger charge is -2.06. The molecule has 7 heteroatoms. The van der Waals surface area contributed by atoms with E-state index in [0.717, 1.165) is 11.4 Å². The third kappa shape index (κ3) is 3.07. The molecule has 2 N–H and O–H groups in total. The zero-order chi connectivity index (χ0) is 17.2. The average molecular weight is 333 g/mol. The van der Waals surface area contributed by atoms with Gasteiger partial charge in [0, 0.05) is 18.0 Å². The molecule has 0 saturated heterocycles. The molecular weight excluding hydrogens is 318 g/mol. The highest BCUT2D eigenvalue weighted by Crippen LogP contribution is 2.19. The van der Waals surface area contributed by atoms with Crippen molar-refractivity contribution in [2.75, 3.05) is 5.32 Å². The maximum Gasteiger partial charge on any atom is 0.276 e. The number of H-pyrrole nitrogens is 1. The van der Waals surface area contributed by atoms with Crippen LogP contribution in [-0.4, -0.2) is 25.9 Å². The number of benzene rings is 1. The highest BCUT2D eigenvalue weighted by Gasteiger charge is 2.13. The number of amides is 1. The number of rotatable bonds is 4. The SMILES string of the molecule is Cc1ccn(-c2cccc(NC(=O)c3cc(-c4ccco4)[nH]n3)c2)n1. The first-order valence-electron chi connectivity index (χ1n) is 7.72. The van der Waals surface area contributed by atoms with Gasteiger partial charge in [0.1, 0.15) is 5.69 Å². The van der Waals surface area contributed by atoms with Gasteiger partial charge >= 0.3 is 0 Å². The Morgan fingerprint density at radius 2 is 2.12 bits per heavy atom. The number of carbonyl (C=O) groups is 1. The number of aromatic amines is 1. The average Bonchev–Trinajstić information content (AvgIpc) is 3.36. The van der Waals surface area contributed by atoms with Crippen molar-refractivity contribution in [2.45, 2.75) is 6.92 Å². The molecule has 7 nitrogen and oxygen atoms in total. The van der Waals surface area contributed by atoms with Crippen LogP contribution in [0.1, 0.15) is 16.2 Å². The summed E-state index contributed by atoms with van der Waals surface area (Å²) < 4.78 is 7.04. The minimum Gasteiger partial charge on any atom is -0.463 e. The van der Waals surface area contributed by atoms with Crippen molar-refractivity contribution in [3.8, 4) is 17.1 Å². The smallest absolute Gasteiger partial charge is 0.276 e. The molecule has 1 aromatic carbocycles. The molecular formula is C18H15N5O2. The number of furan rings is 1. The lowest BCUT2D eigenvalue weighted by molar-refractivity contribution is 0.102. The minimum absolute atomic E-state index is 0.284. The van der Waals surface area contributed by atoms with Crippen LogP contribution in [0.2, 0.25) is 0 Å². The number of aromatic nitrogens is 4. The number of hydrogen-bond acceptors (Lipinski definition) is 4. The lowest BCUT2D eigenvalue weighted by Crippen LogP contribution is -2.12. The maximum absolute atomic E-state index is 12.4. The first-order chi connectivity index (χ1) is 12.2. The zero-order valence-corrected chi connectivity index (χ0v) is 13.4. The van der Waals surface area contributed by atoms with Crippen LogP contribution in [0.25, 0.3) is 17.1 Å². The maximum atomic E-state index is 12.4. The van der Waals surface area contributed by atoms with E-state index in [1.807, 2.05) is 43.5 Å². The molecule has 0 atom stereocenters. The molecule has 0 unspecified atom stereocenters. The van der Waals surface area contributed by atoms with Crippen LogP contribution in [-0.2, 0) is 0 Å². The van der Waals surface area contributed by atoms with Crippen LogP contribution in [0, 0.1) is 6.92 Å². The van der Waals surface area contributed by atoms with Gasteiger partial charge in [0.05, 0.1) is 17.6 Å². The fourth-order valence-corrected chi connectivity index (χ4v) is 2.48. The van der Waals surface area contributed by atoms with Gasteiger partial charge in [-0.3, -0.25) is 9.89 Å². The molecule has 3 heterocycles. The van der Waals surface area contributed by atoms with Crippen molar-refractivity contribution >= 4 is 11.6 Å². The number of hydrogen-bond donors (Lipinski definition) is 2. The summed E-state index contributed by atoms with van der Waals surface area (Å²) in [7, 11) is 0. The molecule has 0 bridgehead atoms. The van der Waals surface area contributed by atoms with E-state index in [2.05, 4.69) is 20.6 Å². The molecule has 0 aliphatic carbocycles. The fourth-order valence-electron chi connectivity index (χ4n) is 2.48. The summed E-state index contributed by atoms with van der Waals surface area (Å²) in [6.07, 6.45) is 3.44. The van der Waals surface area contributed by atoms with Gasteiger partial charge < -0.3 is 9.73 Å². The van der Waals surface area contributed by atoms with Crippen LogP contribution in [0.4, 0.5) is 5.69 Å². The largest absolute Gasteiger partial charge is 0.463 e. The van der Waals surface area contributed by atoms with Gasteiger partial charge in [0.15, 0.2) is 11.5 Å². The van der Waals surface area contributed by atoms with Crippen LogP contribution < -0.4 is 5.32 Å². The van der Waals surface area contributed by atoms with E-state index in [9.17, 15) is 4.79 Å². The molecule has 124 valence electrons. The van der Waals surface area contributed by atoms with Gasteiger partial charge in [0.25, 0.3) is 5.91 Å². The van der Waals surface area contributed by atoms with E-state index in [1.165, 1.54) is 0 Å². The van der Waals surface area contributed by atoms with Crippen LogP contribution in [0.15, 0.2) is 65.4 Å². The van der Waals surface area contributed by atoms with Gasteiger partial charge in [-0.15, -0.1) is 0 Å². The second-order valence-electron chi connectivity index (χ2n) is 5.55. The lowest BCUT2D eigenvalue weighted by atomic mass is 10.2. The Hall–Kier alpha value is -3.61. The summed E-state index contributed by atoms with van der Waals surface area (Å²) >= 11 is 0. The first kappa shape index (κ1) is 14.9. The van der Waals surface area contributed by atoms with E-state index in [4.69, 9.17) is 4.42 Å². The Kier molecular flexibility index (Phi) is 3.66. The topological polar surface area (TPSA) is 88.7 Å². The number of anilines is 1. The second kappa shape index (κ2) is 6.12. The Labute approximate surface area is 143 Å². The molecule has 0 aliphatic heterocycles. The molecule has 0 spiro atoms. The van der Waals surface area contributed by atoms with Crippen LogP contribution in [0.3, 0.4) is 0 Å². The van der Waals surface area contributed by atoms with Crippen molar-refractivity contribution < 1.29 is 9.21 Å². The third-order valence-electron chi connectivity index (χ3n) is 3.69. The summed E-state index contributed by atoms with van der Waals surface area (Å²) in [5.41, 5.74) is 3.39. The highest BCUT2D eigenvalue weighted by atomic mass is 16.3. The summed E-state index contributed by atoms with van der Waals surface area (Å²) in [6.45, 7) is 1.93. The monoisotopic (exact) mass is 333 g/mol. The van der Waals surface area contributed by atoms with E-state index >= 15 is 0 Å². The highest BCUT2D eigenvalue weighted by molar-refractivity contribution is 6.03. The number of nitrogens with one attached hydrogen (secondary N) is 2. The van der Waals surface area contributed by atoms with Crippen molar-refractivity contribution in [3.63, 3.8) is 0 Å². The molecule has 1 amide bonds. The van der Waals surface area contributed by atoms with Gasteiger partial charge in [-0.1, -0.05) is 6.07 Å². The normalized spacial score (nSPS) is 10.8. The fraction of sp³-hybridized carbons (Fsp3) is 0.0556. The molecule has 0 fully saturated rings. The van der Waals surface area contributed by atoms with Gasteiger partial charge in [-0.2, -0.15) is 10.2 Å². The predicted octanol–water partition coefficient (Wildman–Crippen LogP) is 3.42. The van der Waals surface area contributed by atoms with Crippen LogP contribution >= 0.6 is 0 Å². The standard InChI is InChI=1S/C18H15N5O2/c1-12-7-8-23(22-12)14-5-2-4-13(10-14)19-18(24)16-11-15(20-21-16)17-6-3-9-25-17/h2-11H,1H3,(H,19,24)(H,20,21). The number of nitrogens with zero attached hydrogens (tertiary/aromatic N) is 3. The summed E-state index contributed by atoms with van der Waals surface area (Å²) in [4.78, 5) is 12.4. The molecule has 4 aromatic rings. The zero-order valence-electron chi connectivity index (χ0n) is 13.4. The summed E-state index contributed by atoms with van der Waals surface area (Å²) in [5, 5.41) is 14.0. The van der Waals surface area contributed by atoms with E-state index in [0.29, 0.717) is 17.1 Å². The third-order valence-corrected chi connectivity index (χ3v) is 3.69. The van der Waals surface area contributed by atoms with Gasteiger partial charge in [-0.05, 0) is 43.3 Å². The van der Waals surface area contributed by atoms with E-state index < -0.39 is 0 Å². The van der Waals surface area contributed by atoms with Gasteiger partial charge in [-0.25, -0.2) is 4.68 Å². The van der Waals surface area contributed by atoms with E-state index in [-0.39, 0.29) is 11.6 Å². The minimum atomic E-state index is -0.303. The van der Waals surface area contributed by atoms with Crippen molar-refractivity contribution in [2.24, 2.45) is 0 Å². The molecule has 0 aliphatic rings. The Bertz CT molecular complexity index is 1010. The summed E-state index contributed by atoms with van der Waals surface area (Å²) in [6, 6.07) is 14.6. The quantitative estimate of drug-likeness (QED) is 0.599. The Balaban J connectivity index is 1.53. The molecule has 25 heavy (non-hydrogen) atoms. The van der Waals surface area contributed by atoms with E-state index in [1.54, 1.807) is 29.1 Å². The van der Waals surface area contributed by atoms with Gasteiger partial charge in [0.2, 0.25) is 0 Å². The van der Waals surface area contributed by atoms with Crippen molar-refractivity contribution in [1.82, 2.24) is 20.0 Å². The van der Waals surface area contributed by atoms with Crippen LogP contribution in [0.5, 0.6) is 0 Å².